The lowest BCUT2D eigenvalue weighted by Crippen LogP contribution is -2.36. The van der Waals surface area contributed by atoms with Gasteiger partial charge in [0.25, 0.3) is 0 Å². The van der Waals surface area contributed by atoms with Gasteiger partial charge in [-0.25, -0.2) is 15.0 Å². The van der Waals surface area contributed by atoms with Gasteiger partial charge in [0.05, 0.1) is 20.3 Å². The fourth-order valence-electron chi connectivity index (χ4n) is 3.06. The maximum atomic E-state index is 6.09. The van der Waals surface area contributed by atoms with Crippen LogP contribution in [0.2, 0.25) is 0 Å². The molecule has 1 fully saturated rings. The second kappa shape index (κ2) is 7.59. The Hall–Kier alpha value is -3.19. The number of aromatic nitrogens is 3. The number of anilines is 2. The molecule has 0 amide bonds. The van der Waals surface area contributed by atoms with E-state index in [1.165, 1.54) is 0 Å². The van der Waals surface area contributed by atoms with Crippen LogP contribution in [-0.4, -0.2) is 48.4 Å². The average molecular weight is 363 g/mol. The highest BCUT2D eigenvalue weighted by molar-refractivity contribution is 5.79. The van der Waals surface area contributed by atoms with Crippen LogP contribution in [0.15, 0.2) is 48.9 Å². The van der Waals surface area contributed by atoms with E-state index in [-0.39, 0.29) is 0 Å². The summed E-state index contributed by atoms with van der Waals surface area (Å²) >= 11 is 0. The lowest BCUT2D eigenvalue weighted by atomic mass is 10.0. The summed E-state index contributed by atoms with van der Waals surface area (Å²) in [4.78, 5) is 15.4. The van der Waals surface area contributed by atoms with Crippen LogP contribution in [0.25, 0.3) is 22.3 Å². The summed E-state index contributed by atoms with van der Waals surface area (Å²) in [5.74, 6) is 1.98. The Kier molecular flexibility index (Phi) is 4.84. The Morgan fingerprint density at radius 3 is 2.33 bits per heavy atom. The highest BCUT2D eigenvalue weighted by Gasteiger charge is 2.13. The van der Waals surface area contributed by atoms with Crippen LogP contribution in [0.5, 0.6) is 5.88 Å². The standard InChI is InChI=1S/C20H21N5O2/c1-26-19-5-3-15(12-23-19)17-10-16(13-24-20(17)21)14-2-4-18(22-11-14)25-6-8-27-9-7-25/h2-5,10-13H,6-9H2,1H3,(H2,21,24). The zero-order valence-corrected chi connectivity index (χ0v) is 15.1. The molecule has 4 heterocycles. The average Bonchev–Trinajstić information content (AvgIpc) is 2.75. The van der Waals surface area contributed by atoms with Gasteiger partial charge < -0.3 is 20.1 Å². The SMILES string of the molecule is COc1ccc(-c2cc(-c3ccc(N4CCOCC4)nc3)cnc2N)cn1. The van der Waals surface area contributed by atoms with Crippen molar-refractivity contribution in [3.63, 3.8) is 0 Å². The van der Waals surface area contributed by atoms with E-state index >= 15 is 0 Å². The lowest BCUT2D eigenvalue weighted by molar-refractivity contribution is 0.122. The van der Waals surface area contributed by atoms with Crippen molar-refractivity contribution < 1.29 is 9.47 Å². The number of ether oxygens (including phenoxy) is 2. The molecule has 7 heteroatoms. The van der Waals surface area contributed by atoms with Crippen LogP contribution in [0.4, 0.5) is 11.6 Å². The lowest BCUT2D eigenvalue weighted by Gasteiger charge is -2.27. The van der Waals surface area contributed by atoms with Crippen LogP contribution < -0.4 is 15.4 Å². The number of hydrogen-bond acceptors (Lipinski definition) is 7. The second-order valence-electron chi connectivity index (χ2n) is 6.25. The molecule has 1 aliphatic heterocycles. The summed E-state index contributed by atoms with van der Waals surface area (Å²) < 4.78 is 10.5. The van der Waals surface area contributed by atoms with Crippen LogP contribution >= 0.6 is 0 Å². The van der Waals surface area contributed by atoms with Gasteiger partial charge in [0, 0.05) is 60.0 Å². The second-order valence-corrected chi connectivity index (χ2v) is 6.25. The van der Waals surface area contributed by atoms with E-state index in [0.717, 1.165) is 54.4 Å². The van der Waals surface area contributed by atoms with Gasteiger partial charge in [-0.1, -0.05) is 0 Å². The smallest absolute Gasteiger partial charge is 0.212 e. The van der Waals surface area contributed by atoms with Crippen LogP contribution in [-0.2, 0) is 4.74 Å². The zero-order valence-electron chi connectivity index (χ0n) is 15.1. The molecule has 2 N–H and O–H groups in total. The van der Waals surface area contributed by atoms with Gasteiger partial charge >= 0.3 is 0 Å². The molecule has 1 aliphatic rings. The van der Waals surface area contributed by atoms with Gasteiger partial charge in [0.15, 0.2) is 0 Å². The topological polar surface area (TPSA) is 86.4 Å². The molecule has 3 aromatic heterocycles. The Morgan fingerprint density at radius 1 is 0.926 bits per heavy atom. The van der Waals surface area contributed by atoms with E-state index in [4.69, 9.17) is 15.2 Å². The normalized spacial score (nSPS) is 14.2. The number of nitrogens with two attached hydrogens (primary N) is 1. The molecule has 4 rings (SSSR count). The molecule has 1 saturated heterocycles. The van der Waals surface area contributed by atoms with Crippen molar-refractivity contribution in [2.45, 2.75) is 0 Å². The maximum Gasteiger partial charge on any atom is 0.212 e. The van der Waals surface area contributed by atoms with E-state index in [1.807, 2.05) is 24.4 Å². The molecule has 0 atom stereocenters. The summed E-state index contributed by atoms with van der Waals surface area (Å²) in [7, 11) is 1.59. The third-order valence-corrected chi connectivity index (χ3v) is 4.59. The van der Waals surface area contributed by atoms with Gasteiger partial charge in [-0.3, -0.25) is 0 Å². The Labute approximate surface area is 157 Å². The molecular weight excluding hydrogens is 342 g/mol. The highest BCUT2D eigenvalue weighted by atomic mass is 16.5. The Morgan fingerprint density at radius 2 is 1.67 bits per heavy atom. The first-order chi connectivity index (χ1) is 13.2. The van der Waals surface area contributed by atoms with Crippen molar-refractivity contribution in [1.82, 2.24) is 15.0 Å². The van der Waals surface area contributed by atoms with Crippen molar-refractivity contribution >= 4 is 11.6 Å². The first-order valence-electron chi connectivity index (χ1n) is 8.79. The molecule has 27 heavy (non-hydrogen) atoms. The number of morpholine rings is 1. The third kappa shape index (κ3) is 3.68. The summed E-state index contributed by atoms with van der Waals surface area (Å²) in [6.07, 6.45) is 5.37. The van der Waals surface area contributed by atoms with Gasteiger partial charge in [-0.15, -0.1) is 0 Å². The molecule has 138 valence electrons. The summed E-state index contributed by atoms with van der Waals surface area (Å²) in [5, 5.41) is 0. The number of nitrogens with zero attached hydrogens (tertiary/aromatic N) is 4. The minimum absolute atomic E-state index is 0.462. The number of rotatable bonds is 4. The number of nitrogen functional groups attached to an aromatic ring is 1. The molecule has 3 aromatic rings. The fraction of sp³-hybridized carbons (Fsp3) is 0.250. The number of pyridine rings is 3. The fourth-order valence-corrected chi connectivity index (χ4v) is 3.06. The Balaban J connectivity index is 1.61. The van der Waals surface area contributed by atoms with E-state index < -0.39 is 0 Å². The molecule has 0 bridgehead atoms. The molecule has 0 aromatic carbocycles. The molecule has 0 saturated carbocycles. The quantitative estimate of drug-likeness (QED) is 0.762. The predicted octanol–water partition coefficient (Wildman–Crippen LogP) is 2.63. The summed E-state index contributed by atoms with van der Waals surface area (Å²) in [6.45, 7) is 3.21. The predicted molar refractivity (Wildman–Crippen MR) is 105 cm³/mol. The minimum atomic E-state index is 0.462. The van der Waals surface area contributed by atoms with Crippen LogP contribution in [0.3, 0.4) is 0 Å². The molecule has 0 radical (unpaired) electrons. The molecule has 0 aliphatic carbocycles. The molecule has 0 spiro atoms. The largest absolute Gasteiger partial charge is 0.481 e. The monoisotopic (exact) mass is 363 g/mol. The van der Waals surface area contributed by atoms with Crippen molar-refractivity contribution in [3.8, 4) is 28.1 Å². The highest BCUT2D eigenvalue weighted by Crippen LogP contribution is 2.30. The molecule has 0 unspecified atom stereocenters. The summed E-state index contributed by atoms with van der Waals surface area (Å²) in [5.41, 5.74) is 9.75. The van der Waals surface area contributed by atoms with E-state index in [9.17, 15) is 0 Å². The van der Waals surface area contributed by atoms with E-state index in [0.29, 0.717) is 11.7 Å². The zero-order chi connectivity index (χ0) is 18.6. The Bertz CT molecular complexity index is 907. The van der Waals surface area contributed by atoms with Crippen molar-refractivity contribution in [3.05, 3.63) is 48.9 Å². The van der Waals surface area contributed by atoms with Gasteiger partial charge in [0.2, 0.25) is 5.88 Å². The third-order valence-electron chi connectivity index (χ3n) is 4.59. The molecular formula is C20H21N5O2. The van der Waals surface area contributed by atoms with Crippen LogP contribution in [0, 0.1) is 0 Å². The minimum Gasteiger partial charge on any atom is -0.481 e. The number of methoxy groups -OCH3 is 1. The van der Waals surface area contributed by atoms with E-state index in [1.54, 1.807) is 25.6 Å². The molecule has 7 nitrogen and oxygen atoms in total. The first kappa shape index (κ1) is 17.2. The van der Waals surface area contributed by atoms with Gasteiger partial charge in [0.1, 0.15) is 11.6 Å². The number of hydrogen-bond donors (Lipinski definition) is 1. The maximum absolute atomic E-state index is 6.09. The van der Waals surface area contributed by atoms with Gasteiger partial charge in [-0.2, -0.15) is 0 Å². The summed E-state index contributed by atoms with van der Waals surface area (Å²) in [6, 6.07) is 9.83. The van der Waals surface area contributed by atoms with Crippen molar-refractivity contribution in [2.75, 3.05) is 44.0 Å². The first-order valence-corrected chi connectivity index (χ1v) is 8.79. The van der Waals surface area contributed by atoms with Crippen molar-refractivity contribution in [2.24, 2.45) is 0 Å². The van der Waals surface area contributed by atoms with Crippen molar-refractivity contribution in [1.29, 1.82) is 0 Å². The van der Waals surface area contributed by atoms with Crippen LogP contribution in [0.1, 0.15) is 0 Å². The van der Waals surface area contributed by atoms with Gasteiger partial charge in [-0.05, 0) is 24.3 Å². The van der Waals surface area contributed by atoms with E-state index in [2.05, 4.69) is 25.9 Å².